The molecule has 0 aliphatic carbocycles. The van der Waals surface area contributed by atoms with Crippen LogP contribution in [0.25, 0.3) is 0 Å². The summed E-state index contributed by atoms with van der Waals surface area (Å²) in [7, 11) is 0. The summed E-state index contributed by atoms with van der Waals surface area (Å²) < 4.78 is 0. The van der Waals surface area contributed by atoms with Crippen LogP contribution in [0.4, 0.5) is 4.79 Å². The predicted octanol–water partition coefficient (Wildman–Crippen LogP) is 1.93. The van der Waals surface area contributed by atoms with E-state index in [4.69, 9.17) is 5.11 Å². The van der Waals surface area contributed by atoms with Gasteiger partial charge in [0.25, 0.3) is 0 Å². The monoisotopic (exact) mass is 276 g/mol. The van der Waals surface area contributed by atoms with E-state index in [0.717, 1.165) is 12.8 Å². The van der Waals surface area contributed by atoms with Crippen LogP contribution in [0.5, 0.6) is 0 Å². The summed E-state index contributed by atoms with van der Waals surface area (Å²) in [5, 5.41) is 13.9. The van der Waals surface area contributed by atoms with Gasteiger partial charge >= 0.3 is 12.0 Å². The van der Waals surface area contributed by atoms with Gasteiger partial charge in [-0.3, -0.25) is 4.79 Å². The number of hydrogen-bond acceptors (Lipinski definition) is 3. The van der Waals surface area contributed by atoms with Crippen LogP contribution < -0.4 is 10.6 Å². The number of nitrogens with one attached hydrogen (secondary N) is 2. The number of amides is 2. The van der Waals surface area contributed by atoms with Crippen LogP contribution in [0.15, 0.2) is 0 Å². The van der Waals surface area contributed by atoms with Crippen molar-refractivity contribution in [3.8, 4) is 0 Å². The summed E-state index contributed by atoms with van der Waals surface area (Å²) in [6.45, 7) is 2.37. The summed E-state index contributed by atoms with van der Waals surface area (Å²) in [5.74, 6) is -0.257. The molecule has 0 bridgehead atoms. The third kappa shape index (κ3) is 10.3. The van der Waals surface area contributed by atoms with Gasteiger partial charge < -0.3 is 15.7 Å². The molecular weight excluding hydrogens is 252 g/mol. The Hall–Kier alpha value is -0.910. The molecular formula is C12H24N2O3S. The van der Waals surface area contributed by atoms with Crippen LogP contribution in [-0.2, 0) is 4.79 Å². The molecule has 0 rings (SSSR count). The Balaban J connectivity index is 3.35. The van der Waals surface area contributed by atoms with E-state index in [-0.39, 0.29) is 12.6 Å². The lowest BCUT2D eigenvalue weighted by Crippen LogP contribution is -2.39. The Morgan fingerprint density at radius 3 is 2.44 bits per heavy atom. The van der Waals surface area contributed by atoms with E-state index in [1.807, 2.05) is 11.8 Å². The van der Waals surface area contributed by atoms with E-state index in [2.05, 4.69) is 16.9 Å². The second-order valence-corrected chi connectivity index (χ2v) is 5.27. The number of hydrogen-bond donors (Lipinski definition) is 3. The summed E-state index contributed by atoms with van der Waals surface area (Å²) >= 11 is 1.85. The molecule has 1 unspecified atom stereocenters. The fourth-order valence-corrected chi connectivity index (χ4v) is 1.82. The first-order valence-corrected chi connectivity index (χ1v) is 7.70. The topological polar surface area (TPSA) is 78.4 Å². The Labute approximate surface area is 113 Å². The lowest BCUT2D eigenvalue weighted by Gasteiger charge is -2.09. The highest BCUT2D eigenvalue weighted by atomic mass is 32.2. The van der Waals surface area contributed by atoms with E-state index in [1.54, 1.807) is 6.92 Å². The van der Waals surface area contributed by atoms with E-state index in [1.165, 1.54) is 18.6 Å². The maximum atomic E-state index is 11.3. The zero-order valence-electron chi connectivity index (χ0n) is 11.2. The van der Waals surface area contributed by atoms with Crippen molar-refractivity contribution in [1.82, 2.24) is 10.6 Å². The van der Waals surface area contributed by atoms with Crippen molar-refractivity contribution in [2.75, 3.05) is 25.1 Å². The SMILES string of the molecule is CSCCCCCCNC(=O)NCC(C)C(=O)O. The smallest absolute Gasteiger partial charge is 0.314 e. The normalized spacial score (nSPS) is 11.9. The number of carboxylic acids is 1. The van der Waals surface area contributed by atoms with Gasteiger partial charge in [0.1, 0.15) is 0 Å². The number of urea groups is 1. The minimum Gasteiger partial charge on any atom is -0.481 e. The van der Waals surface area contributed by atoms with Crippen LogP contribution >= 0.6 is 11.8 Å². The van der Waals surface area contributed by atoms with E-state index >= 15 is 0 Å². The fraction of sp³-hybridized carbons (Fsp3) is 0.833. The van der Waals surface area contributed by atoms with Gasteiger partial charge in [0.05, 0.1) is 5.92 Å². The Bertz CT molecular complexity index is 249. The van der Waals surface area contributed by atoms with Gasteiger partial charge in [0.2, 0.25) is 0 Å². The quantitative estimate of drug-likeness (QED) is 0.533. The van der Waals surface area contributed by atoms with E-state index in [9.17, 15) is 9.59 Å². The molecule has 0 aromatic carbocycles. The molecule has 0 aromatic rings. The maximum Gasteiger partial charge on any atom is 0.314 e. The Morgan fingerprint density at radius 1 is 1.17 bits per heavy atom. The number of rotatable bonds is 10. The summed E-state index contributed by atoms with van der Waals surface area (Å²) in [4.78, 5) is 21.8. The molecule has 0 saturated carbocycles. The third-order valence-electron chi connectivity index (χ3n) is 2.55. The second kappa shape index (κ2) is 11.2. The molecule has 0 spiro atoms. The molecule has 2 amide bonds. The number of carboxylic acid groups (broad SMARTS) is 1. The zero-order chi connectivity index (χ0) is 13.8. The molecule has 0 radical (unpaired) electrons. The number of thioether (sulfide) groups is 1. The first kappa shape index (κ1) is 17.1. The molecule has 3 N–H and O–H groups in total. The second-order valence-electron chi connectivity index (χ2n) is 4.28. The first-order chi connectivity index (χ1) is 8.57. The first-order valence-electron chi connectivity index (χ1n) is 6.31. The van der Waals surface area contributed by atoms with Crippen molar-refractivity contribution in [3.63, 3.8) is 0 Å². The van der Waals surface area contributed by atoms with Gasteiger partial charge in [-0.05, 0) is 24.9 Å². The molecule has 106 valence electrons. The van der Waals surface area contributed by atoms with Gasteiger partial charge in [-0.1, -0.05) is 19.8 Å². The maximum absolute atomic E-state index is 11.3. The predicted molar refractivity (Wildman–Crippen MR) is 75.1 cm³/mol. The molecule has 0 heterocycles. The molecule has 0 aliphatic heterocycles. The van der Waals surface area contributed by atoms with Crippen molar-refractivity contribution in [2.24, 2.45) is 5.92 Å². The van der Waals surface area contributed by atoms with Gasteiger partial charge in [0.15, 0.2) is 0 Å². The number of unbranched alkanes of at least 4 members (excludes halogenated alkanes) is 3. The molecule has 6 heteroatoms. The largest absolute Gasteiger partial charge is 0.481 e. The van der Waals surface area contributed by atoms with E-state index < -0.39 is 11.9 Å². The highest BCUT2D eigenvalue weighted by Crippen LogP contribution is 2.03. The minimum atomic E-state index is -0.899. The lowest BCUT2D eigenvalue weighted by molar-refractivity contribution is -0.140. The molecule has 0 aliphatic rings. The van der Waals surface area contributed by atoms with Crippen molar-refractivity contribution < 1.29 is 14.7 Å². The van der Waals surface area contributed by atoms with Gasteiger partial charge in [0, 0.05) is 13.1 Å². The van der Waals surface area contributed by atoms with Gasteiger partial charge in [-0.2, -0.15) is 11.8 Å². The fourth-order valence-electron chi connectivity index (χ4n) is 1.32. The van der Waals surface area contributed by atoms with E-state index in [0.29, 0.717) is 6.54 Å². The third-order valence-corrected chi connectivity index (χ3v) is 3.25. The average Bonchev–Trinajstić information content (AvgIpc) is 2.34. The standard InChI is InChI=1S/C12H24N2O3S/c1-10(11(15)16)9-14-12(17)13-7-5-3-4-6-8-18-2/h10H,3-9H2,1-2H3,(H,15,16)(H2,13,14,17). The van der Waals surface area contributed by atoms with Crippen LogP contribution in [0.2, 0.25) is 0 Å². The molecule has 0 aromatic heterocycles. The van der Waals surface area contributed by atoms with Crippen LogP contribution in [-0.4, -0.2) is 42.2 Å². The molecule has 18 heavy (non-hydrogen) atoms. The highest BCUT2D eigenvalue weighted by Gasteiger charge is 2.11. The number of aliphatic carboxylic acids is 1. The van der Waals surface area contributed by atoms with Crippen molar-refractivity contribution >= 4 is 23.8 Å². The van der Waals surface area contributed by atoms with Crippen molar-refractivity contribution in [1.29, 1.82) is 0 Å². The summed E-state index contributed by atoms with van der Waals surface area (Å²) in [6, 6.07) is -0.285. The van der Waals surface area contributed by atoms with Crippen molar-refractivity contribution in [3.05, 3.63) is 0 Å². The summed E-state index contributed by atoms with van der Waals surface area (Å²) in [6.07, 6.45) is 6.61. The average molecular weight is 276 g/mol. The molecule has 0 fully saturated rings. The van der Waals surface area contributed by atoms with Gasteiger partial charge in [-0.15, -0.1) is 0 Å². The zero-order valence-corrected chi connectivity index (χ0v) is 12.0. The Morgan fingerprint density at radius 2 is 1.83 bits per heavy atom. The number of carbonyl (C=O) groups excluding carboxylic acids is 1. The van der Waals surface area contributed by atoms with Crippen LogP contribution in [0.1, 0.15) is 32.6 Å². The molecule has 1 atom stereocenters. The highest BCUT2D eigenvalue weighted by molar-refractivity contribution is 7.98. The Kier molecular flexibility index (Phi) is 10.6. The summed E-state index contributed by atoms with van der Waals surface area (Å²) in [5.41, 5.74) is 0. The lowest BCUT2D eigenvalue weighted by atomic mass is 10.2. The van der Waals surface area contributed by atoms with Gasteiger partial charge in [-0.25, -0.2) is 4.79 Å². The van der Waals surface area contributed by atoms with Crippen molar-refractivity contribution in [2.45, 2.75) is 32.6 Å². The van der Waals surface area contributed by atoms with Crippen LogP contribution in [0.3, 0.4) is 0 Å². The molecule has 5 nitrogen and oxygen atoms in total. The van der Waals surface area contributed by atoms with Crippen LogP contribution in [0, 0.1) is 5.92 Å². The minimum absolute atomic E-state index is 0.162. The number of carbonyl (C=O) groups is 2. The molecule has 0 saturated heterocycles.